The summed E-state index contributed by atoms with van der Waals surface area (Å²) in [5, 5.41) is 14.8. The quantitative estimate of drug-likeness (QED) is 0.146. The molecule has 2 N–H and O–H groups in total. The number of likely N-dealkylation sites (N-methyl/N-ethyl adjacent to an activating group) is 1. The maximum Gasteiger partial charge on any atom is 0.337 e. The number of aliphatic carboxylic acids is 1. The van der Waals surface area contributed by atoms with Crippen LogP contribution in [0.1, 0.15) is 50.6 Å². The molecule has 1 aliphatic heterocycles. The van der Waals surface area contributed by atoms with E-state index in [9.17, 15) is 9.90 Å². The lowest BCUT2D eigenvalue weighted by Gasteiger charge is -2.35. The topological polar surface area (TPSA) is 102 Å². The minimum Gasteiger partial charge on any atom is -0.489 e. The second kappa shape index (κ2) is 12.2. The van der Waals surface area contributed by atoms with Gasteiger partial charge in [-0.2, -0.15) is 0 Å². The molecule has 42 heavy (non-hydrogen) atoms. The Morgan fingerprint density at radius 1 is 1.14 bits per heavy atom. The molecule has 3 heterocycles. The molecule has 0 unspecified atom stereocenters. The summed E-state index contributed by atoms with van der Waals surface area (Å²) >= 11 is 2.29. The molecule has 2 aromatic carbocycles. The number of anilines is 2. The van der Waals surface area contributed by atoms with Crippen molar-refractivity contribution in [2.24, 2.45) is 0 Å². The molecule has 10 heteroatoms. The van der Waals surface area contributed by atoms with Crippen LogP contribution in [-0.2, 0) is 16.1 Å². The lowest BCUT2D eigenvalue weighted by Crippen LogP contribution is -2.32. The first-order chi connectivity index (χ1) is 20.0. The van der Waals surface area contributed by atoms with Crippen molar-refractivity contribution in [1.29, 1.82) is 0 Å². The molecule has 1 atom stereocenters. The number of carboxylic acids is 1. The number of aromatic nitrogens is 3. The molecule has 2 aromatic heterocycles. The van der Waals surface area contributed by atoms with Crippen LogP contribution in [0, 0.1) is 17.4 Å². The first-order valence-corrected chi connectivity index (χ1v) is 15.3. The van der Waals surface area contributed by atoms with Crippen molar-refractivity contribution in [2.45, 2.75) is 59.8 Å². The van der Waals surface area contributed by atoms with Crippen LogP contribution in [0.25, 0.3) is 22.0 Å². The average molecular weight is 684 g/mol. The zero-order valence-corrected chi connectivity index (χ0v) is 27.2. The van der Waals surface area contributed by atoms with E-state index in [-0.39, 0.29) is 0 Å². The first-order valence-electron chi connectivity index (χ1n) is 14.3. The summed E-state index contributed by atoms with van der Waals surface area (Å²) < 4.78 is 15.5. The van der Waals surface area contributed by atoms with Gasteiger partial charge in [0.25, 0.3) is 0 Å². The van der Waals surface area contributed by atoms with Gasteiger partial charge in [-0.25, -0.2) is 14.8 Å². The molecule has 0 bridgehead atoms. The maximum absolute atomic E-state index is 12.9. The number of nitrogens with zero attached hydrogens (tertiary/aromatic N) is 4. The Kier molecular flexibility index (Phi) is 8.77. The molecule has 0 radical (unpaired) electrons. The van der Waals surface area contributed by atoms with E-state index < -0.39 is 17.7 Å². The van der Waals surface area contributed by atoms with E-state index in [1.165, 1.54) is 0 Å². The standard InChI is InChI=1S/C32H38IN5O4/c1-7-34-12-15-41-23-17-35-31(36-18-23)38-14-13-37-19(2)16-24-26(21-8-10-22(33)11-9-21)25(20(3)27(38)28(24)37)29(30(39)40)42-32(4,5)6/h8-11,16-18,29,34H,7,12-15H2,1-6H3,(H,39,40)/t29-/m0/s1. The number of carbonyl (C=O) groups is 1. The second-order valence-corrected chi connectivity index (χ2v) is 12.7. The fraction of sp³-hybridized carbons (Fsp3) is 0.406. The van der Waals surface area contributed by atoms with Gasteiger partial charge in [-0.1, -0.05) is 19.1 Å². The zero-order chi connectivity index (χ0) is 30.2. The van der Waals surface area contributed by atoms with Crippen molar-refractivity contribution in [2.75, 3.05) is 31.1 Å². The number of hydrogen-bond donors (Lipinski definition) is 2. The highest BCUT2D eigenvalue weighted by Crippen LogP contribution is 2.49. The van der Waals surface area contributed by atoms with E-state index >= 15 is 0 Å². The van der Waals surface area contributed by atoms with Gasteiger partial charge in [0.1, 0.15) is 6.61 Å². The van der Waals surface area contributed by atoms with Gasteiger partial charge in [0.2, 0.25) is 5.95 Å². The van der Waals surface area contributed by atoms with Crippen molar-refractivity contribution in [3.8, 4) is 16.9 Å². The van der Waals surface area contributed by atoms with Crippen molar-refractivity contribution >= 4 is 51.1 Å². The number of nitrogens with one attached hydrogen (secondary N) is 1. The van der Waals surface area contributed by atoms with E-state index in [4.69, 9.17) is 9.47 Å². The molecule has 0 aliphatic carbocycles. The Morgan fingerprint density at radius 3 is 2.45 bits per heavy atom. The molecule has 9 nitrogen and oxygen atoms in total. The Labute approximate surface area is 260 Å². The van der Waals surface area contributed by atoms with E-state index in [1.54, 1.807) is 12.4 Å². The van der Waals surface area contributed by atoms with Gasteiger partial charge in [-0.05, 0) is 98.6 Å². The maximum atomic E-state index is 12.9. The van der Waals surface area contributed by atoms with Gasteiger partial charge < -0.3 is 29.4 Å². The molecule has 0 spiro atoms. The third-order valence-electron chi connectivity index (χ3n) is 7.39. The van der Waals surface area contributed by atoms with Gasteiger partial charge in [0.05, 0.1) is 29.2 Å². The molecule has 1 aliphatic rings. The highest BCUT2D eigenvalue weighted by atomic mass is 127. The first kappa shape index (κ1) is 30.2. The van der Waals surface area contributed by atoms with E-state index in [2.05, 4.69) is 79.4 Å². The smallest absolute Gasteiger partial charge is 0.337 e. The molecule has 0 fully saturated rings. The molecule has 0 amide bonds. The minimum atomic E-state index is -1.18. The number of aryl methyl sites for hydroxylation is 1. The average Bonchev–Trinajstić information content (AvgIpc) is 3.28. The predicted molar refractivity (Wildman–Crippen MR) is 174 cm³/mol. The summed E-state index contributed by atoms with van der Waals surface area (Å²) in [7, 11) is 0. The zero-order valence-electron chi connectivity index (χ0n) is 25.0. The number of ether oxygens (including phenoxy) is 2. The minimum absolute atomic E-state index is 0.528. The van der Waals surface area contributed by atoms with Gasteiger partial charge in [-0.3, -0.25) is 0 Å². The SMILES string of the molecule is CCNCCOc1cnc(N2CCn3c(C)cc4c(-c5ccc(I)cc5)c([C@H](OC(C)(C)C)C(=O)O)c(C)c2c43)nc1. The largest absolute Gasteiger partial charge is 0.489 e. The van der Waals surface area contributed by atoms with Crippen molar-refractivity contribution in [3.63, 3.8) is 0 Å². The third kappa shape index (κ3) is 5.97. The third-order valence-corrected chi connectivity index (χ3v) is 8.11. The van der Waals surface area contributed by atoms with Crippen LogP contribution in [0.2, 0.25) is 0 Å². The van der Waals surface area contributed by atoms with Crippen LogP contribution in [-0.4, -0.2) is 57.5 Å². The van der Waals surface area contributed by atoms with E-state index in [0.717, 1.165) is 62.2 Å². The molecule has 4 aromatic rings. The number of halogens is 1. The molecular weight excluding hydrogens is 645 g/mol. The summed E-state index contributed by atoms with van der Waals surface area (Å²) in [6, 6.07) is 10.4. The van der Waals surface area contributed by atoms with Crippen molar-refractivity contribution in [1.82, 2.24) is 19.9 Å². The lowest BCUT2D eigenvalue weighted by molar-refractivity contribution is -0.160. The van der Waals surface area contributed by atoms with Crippen molar-refractivity contribution in [3.05, 3.63) is 63.1 Å². The highest BCUT2D eigenvalue weighted by Gasteiger charge is 2.36. The summed E-state index contributed by atoms with van der Waals surface area (Å²) in [4.78, 5) is 24.4. The Bertz CT molecular complexity index is 1590. The molecule has 5 rings (SSSR count). The number of hydrogen-bond acceptors (Lipinski definition) is 7. The van der Waals surface area contributed by atoms with Crippen LogP contribution in [0.4, 0.5) is 11.6 Å². The Morgan fingerprint density at radius 2 is 1.83 bits per heavy atom. The second-order valence-electron chi connectivity index (χ2n) is 11.5. The normalized spacial score (nSPS) is 13.9. The van der Waals surface area contributed by atoms with Crippen LogP contribution < -0.4 is 15.0 Å². The molecule has 0 saturated heterocycles. The van der Waals surface area contributed by atoms with Crippen molar-refractivity contribution < 1.29 is 19.4 Å². The van der Waals surface area contributed by atoms with Crippen LogP contribution in [0.5, 0.6) is 5.75 Å². The molecule has 0 saturated carbocycles. The predicted octanol–water partition coefficient (Wildman–Crippen LogP) is 6.40. The van der Waals surface area contributed by atoms with Gasteiger partial charge in [-0.15, -0.1) is 0 Å². The Hall–Kier alpha value is -3.22. The summed E-state index contributed by atoms with van der Waals surface area (Å²) in [5.74, 6) is 0.120. The van der Waals surface area contributed by atoms with E-state index in [1.807, 2.05) is 39.8 Å². The van der Waals surface area contributed by atoms with E-state index in [0.29, 0.717) is 30.4 Å². The van der Waals surface area contributed by atoms with Crippen LogP contribution in [0.3, 0.4) is 0 Å². The number of carboxylic acid groups (broad SMARTS) is 1. The molecular formula is C32H38IN5O4. The fourth-order valence-corrected chi connectivity index (χ4v) is 6.03. The monoisotopic (exact) mass is 683 g/mol. The van der Waals surface area contributed by atoms with Gasteiger partial charge >= 0.3 is 5.97 Å². The van der Waals surface area contributed by atoms with Gasteiger partial charge in [0, 0.05) is 39.8 Å². The summed E-state index contributed by atoms with van der Waals surface area (Å²) in [6.45, 7) is 15.3. The summed E-state index contributed by atoms with van der Waals surface area (Å²) in [6.07, 6.45) is 2.22. The van der Waals surface area contributed by atoms with Gasteiger partial charge in [0.15, 0.2) is 11.9 Å². The lowest BCUT2D eigenvalue weighted by atomic mass is 9.87. The number of benzene rings is 2. The fourth-order valence-electron chi connectivity index (χ4n) is 5.67. The van der Waals surface area contributed by atoms with Crippen LogP contribution in [0.15, 0.2) is 42.7 Å². The van der Waals surface area contributed by atoms with Crippen LogP contribution >= 0.6 is 22.6 Å². The Balaban J connectivity index is 1.72. The highest BCUT2D eigenvalue weighted by molar-refractivity contribution is 14.1. The molecule has 222 valence electrons. The number of rotatable bonds is 10. The summed E-state index contributed by atoms with van der Waals surface area (Å²) in [5.41, 5.74) is 5.69.